The lowest BCUT2D eigenvalue weighted by Crippen LogP contribution is -2.62. The molecule has 0 unspecified atom stereocenters. The topological polar surface area (TPSA) is 411 Å². The minimum atomic E-state index is -1.31. The van der Waals surface area contributed by atoms with Crippen molar-refractivity contribution in [2.24, 2.45) is 50.7 Å². The normalized spacial score (nSPS) is 25.3. The standard InChI is InChI=1S/C57H88N16O10/c1-31(2)28-40-51(79)69-41(29-36-18-11-9-12-19-36)50(78)65-35(8)47(75)71-44(32(3)4)53(81)66-38(22-15-25-62-56(58)59)48(76)64-34(7)46(74)70-42(30-37-20-13-10-14-21-37)55(83)73-27-17-24-43(73)52(80)72-45(33(5)6)54(82)67-39(49(77)68-40)23-16-26-63-57(60)61/h9-14,18-21,31-35,38-45H,15-17,22-30H2,1-8H3,(H,64,76)(H,65,78)(H,66,81)(H,67,82)(H,68,77)(H,69,79)(H,70,74)(H,71,75)(H,72,80)(H4,58,59,62)(H4,60,61,63)/t34-,35-,38-,39-,40-,41+,42+,43-,44-,45-/m0/s1. The molecule has 2 heterocycles. The second kappa shape index (κ2) is 33.0. The van der Waals surface area contributed by atoms with E-state index in [0.29, 0.717) is 17.5 Å². The highest BCUT2D eigenvalue weighted by molar-refractivity contribution is 6.00. The molecular formula is C57H88N16O10. The van der Waals surface area contributed by atoms with E-state index in [4.69, 9.17) is 22.9 Å². The summed E-state index contributed by atoms with van der Waals surface area (Å²) in [5, 5.41) is 24.6. The summed E-state index contributed by atoms with van der Waals surface area (Å²) < 4.78 is 0. The Kier molecular flexibility index (Phi) is 26.7. The van der Waals surface area contributed by atoms with Crippen molar-refractivity contribution < 1.29 is 47.9 Å². The van der Waals surface area contributed by atoms with Gasteiger partial charge in [-0.05, 0) is 87.7 Å². The molecule has 0 spiro atoms. The highest BCUT2D eigenvalue weighted by Gasteiger charge is 2.41. The Morgan fingerprint density at radius 2 is 0.867 bits per heavy atom. The maximum atomic E-state index is 14.8. The first-order valence-corrected chi connectivity index (χ1v) is 28.5. The van der Waals surface area contributed by atoms with Gasteiger partial charge in [-0.2, -0.15) is 0 Å². The Hall–Kier alpha value is -8.32. The molecule has 0 aliphatic carbocycles. The van der Waals surface area contributed by atoms with Crippen molar-refractivity contribution in [2.45, 2.75) is 174 Å². The largest absolute Gasteiger partial charge is 0.370 e. The molecule has 456 valence electrons. The molecule has 0 bridgehead atoms. The Labute approximate surface area is 485 Å². The number of hydrogen-bond donors (Lipinski definition) is 13. The van der Waals surface area contributed by atoms with Crippen LogP contribution in [0.25, 0.3) is 0 Å². The molecule has 0 radical (unpaired) electrons. The van der Waals surface area contributed by atoms with Crippen LogP contribution in [0, 0.1) is 17.8 Å². The number of rotatable bonds is 16. The molecular weight excluding hydrogens is 1070 g/mol. The van der Waals surface area contributed by atoms with E-state index in [1.54, 1.807) is 88.4 Å². The third kappa shape index (κ3) is 21.8. The van der Waals surface area contributed by atoms with Gasteiger partial charge in [0.2, 0.25) is 59.1 Å². The molecule has 26 nitrogen and oxygen atoms in total. The number of nitrogens with zero attached hydrogens (tertiary/aromatic N) is 3. The highest BCUT2D eigenvalue weighted by atomic mass is 16.2. The molecule has 2 aromatic carbocycles. The number of guanidine groups is 2. The number of amides is 10. The van der Waals surface area contributed by atoms with E-state index >= 15 is 0 Å². The smallest absolute Gasteiger partial charge is 0.246 e. The fraction of sp³-hybridized carbons (Fsp3) is 0.579. The van der Waals surface area contributed by atoms with Crippen LogP contribution >= 0.6 is 0 Å². The lowest BCUT2D eigenvalue weighted by molar-refractivity contribution is -0.142. The summed E-state index contributed by atoms with van der Waals surface area (Å²) in [5.74, 6) is -9.12. The van der Waals surface area contributed by atoms with Crippen LogP contribution in [-0.2, 0) is 60.8 Å². The Morgan fingerprint density at radius 3 is 1.33 bits per heavy atom. The number of aliphatic imine (C=N–C) groups is 2. The number of fused-ring (bicyclic) bond motifs is 1. The van der Waals surface area contributed by atoms with Gasteiger partial charge in [0.25, 0.3) is 0 Å². The van der Waals surface area contributed by atoms with E-state index in [1.807, 2.05) is 13.8 Å². The van der Waals surface area contributed by atoms with Crippen LogP contribution in [0.2, 0.25) is 0 Å². The first-order chi connectivity index (χ1) is 39.2. The van der Waals surface area contributed by atoms with E-state index < -0.39 is 131 Å². The first kappa shape index (κ1) is 67.2. The van der Waals surface area contributed by atoms with Crippen molar-refractivity contribution in [3.8, 4) is 0 Å². The third-order valence-corrected chi connectivity index (χ3v) is 14.1. The summed E-state index contributed by atoms with van der Waals surface area (Å²) in [5.41, 5.74) is 23.6. The van der Waals surface area contributed by atoms with Gasteiger partial charge >= 0.3 is 0 Å². The average Bonchev–Trinajstić information content (AvgIpc) is 3.96. The van der Waals surface area contributed by atoms with E-state index in [1.165, 1.54) is 18.7 Å². The van der Waals surface area contributed by atoms with Crippen LogP contribution in [0.3, 0.4) is 0 Å². The molecule has 10 atom stereocenters. The summed E-state index contributed by atoms with van der Waals surface area (Å²) in [7, 11) is 0. The van der Waals surface area contributed by atoms with Crippen molar-refractivity contribution in [3.05, 3.63) is 71.8 Å². The van der Waals surface area contributed by atoms with Gasteiger partial charge in [0.15, 0.2) is 11.9 Å². The van der Waals surface area contributed by atoms with Gasteiger partial charge in [-0.25, -0.2) is 0 Å². The molecule has 2 aliphatic heterocycles. The second-order valence-electron chi connectivity index (χ2n) is 22.3. The van der Waals surface area contributed by atoms with Crippen molar-refractivity contribution in [1.29, 1.82) is 0 Å². The number of benzene rings is 2. The first-order valence-electron chi connectivity index (χ1n) is 28.5. The number of hydrogen-bond acceptors (Lipinski definition) is 12. The number of carbonyl (C=O) groups is 10. The third-order valence-electron chi connectivity index (χ3n) is 14.1. The minimum Gasteiger partial charge on any atom is -0.370 e. The molecule has 10 amide bonds. The summed E-state index contributed by atoms with van der Waals surface area (Å²) in [4.78, 5) is 153. The van der Waals surface area contributed by atoms with Gasteiger partial charge in [-0.3, -0.25) is 57.9 Å². The zero-order valence-corrected chi connectivity index (χ0v) is 49.0. The Bertz CT molecular complexity index is 2610. The van der Waals surface area contributed by atoms with Crippen molar-refractivity contribution in [3.63, 3.8) is 0 Å². The van der Waals surface area contributed by atoms with Crippen LogP contribution in [-0.4, -0.2) is 156 Å². The van der Waals surface area contributed by atoms with Crippen molar-refractivity contribution in [2.75, 3.05) is 19.6 Å². The maximum Gasteiger partial charge on any atom is 0.246 e. The average molecular weight is 1160 g/mol. The van der Waals surface area contributed by atoms with Crippen molar-refractivity contribution >= 4 is 71.0 Å². The molecule has 83 heavy (non-hydrogen) atoms. The van der Waals surface area contributed by atoms with Crippen molar-refractivity contribution in [1.82, 2.24) is 52.8 Å². The van der Waals surface area contributed by atoms with Crippen LogP contribution < -0.4 is 70.8 Å². The number of carbonyl (C=O) groups excluding carboxylic acids is 10. The van der Waals surface area contributed by atoms with Crippen LogP contribution in [0.1, 0.15) is 111 Å². The van der Waals surface area contributed by atoms with Gasteiger partial charge in [0.1, 0.15) is 60.4 Å². The fourth-order valence-electron chi connectivity index (χ4n) is 9.58. The van der Waals surface area contributed by atoms with Gasteiger partial charge in [-0.15, -0.1) is 0 Å². The molecule has 2 fully saturated rings. The van der Waals surface area contributed by atoms with E-state index in [-0.39, 0.29) is 88.8 Å². The Balaban J connectivity index is 1.81. The van der Waals surface area contributed by atoms with Crippen LogP contribution in [0.4, 0.5) is 0 Å². The molecule has 17 N–H and O–H groups in total. The molecule has 4 rings (SSSR count). The van der Waals surface area contributed by atoms with Gasteiger partial charge < -0.3 is 75.7 Å². The molecule has 26 heteroatoms. The highest BCUT2D eigenvalue weighted by Crippen LogP contribution is 2.21. The van der Waals surface area contributed by atoms with E-state index in [9.17, 15) is 47.9 Å². The minimum absolute atomic E-state index is 0.0113. The maximum absolute atomic E-state index is 14.8. The van der Waals surface area contributed by atoms with Gasteiger partial charge in [0.05, 0.1) is 0 Å². The predicted molar refractivity (Wildman–Crippen MR) is 313 cm³/mol. The quantitative estimate of drug-likeness (QED) is 0.0509. The molecule has 2 saturated heterocycles. The summed E-state index contributed by atoms with van der Waals surface area (Å²) in [6.45, 7) is 13.4. The molecule has 0 aromatic heterocycles. The second-order valence-corrected chi connectivity index (χ2v) is 22.3. The zero-order chi connectivity index (χ0) is 61.5. The predicted octanol–water partition coefficient (Wildman–Crippen LogP) is -1.66. The zero-order valence-electron chi connectivity index (χ0n) is 49.0. The lowest BCUT2D eigenvalue weighted by Gasteiger charge is -2.32. The van der Waals surface area contributed by atoms with E-state index in [2.05, 4.69) is 57.8 Å². The number of nitrogens with one attached hydrogen (secondary N) is 9. The fourth-order valence-corrected chi connectivity index (χ4v) is 9.58. The van der Waals surface area contributed by atoms with Crippen LogP contribution in [0.15, 0.2) is 70.6 Å². The Morgan fingerprint density at radius 1 is 0.482 bits per heavy atom. The van der Waals surface area contributed by atoms with Crippen LogP contribution in [0.5, 0.6) is 0 Å². The number of nitrogens with two attached hydrogens (primary N) is 4. The molecule has 2 aliphatic rings. The summed E-state index contributed by atoms with van der Waals surface area (Å²) >= 11 is 0. The molecule has 0 saturated carbocycles. The SMILES string of the molecule is CC(C)C[C@@H]1NC(=O)[C@H](CCCN=C(N)N)NC(=O)[C@H](C(C)C)NC(=O)[C@@H]2CCCN2C(=O)[C@@H](Cc2ccccc2)NC(=O)[C@H](C)NC(=O)[C@H](CCCN=C(N)N)NC(=O)[C@H](C(C)C)NC(=O)[C@H](C)NC(=O)[C@@H](Cc2ccccc2)NC1=O. The lowest BCUT2D eigenvalue weighted by atomic mass is 9.99. The van der Waals surface area contributed by atoms with E-state index in [0.717, 1.165) is 0 Å². The molecule has 2 aromatic rings. The summed E-state index contributed by atoms with van der Waals surface area (Å²) in [6.07, 6.45) is 0.958. The summed E-state index contributed by atoms with van der Waals surface area (Å²) in [6, 6.07) is 4.96. The monoisotopic (exact) mass is 1160 g/mol. The van der Waals surface area contributed by atoms with Gasteiger partial charge in [0, 0.05) is 32.5 Å². The van der Waals surface area contributed by atoms with Gasteiger partial charge in [-0.1, -0.05) is 102 Å².